The van der Waals surface area contributed by atoms with E-state index in [1.165, 1.54) is 37.3 Å². The van der Waals surface area contributed by atoms with Crippen molar-refractivity contribution in [2.45, 2.75) is 18.4 Å². The first kappa shape index (κ1) is 21.2. The van der Waals surface area contributed by atoms with Gasteiger partial charge in [-0.05, 0) is 54.4 Å². The van der Waals surface area contributed by atoms with Crippen LogP contribution < -0.4 is 15.2 Å². The first-order chi connectivity index (χ1) is 14.7. The van der Waals surface area contributed by atoms with Crippen molar-refractivity contribution < 1.29 is 22.0 Å². The standard InChI is InChI=1S/C21H16ClF2N3O3S/c1-12-5-8-15(10-18(12)24)31(29,30)27-19-9-14(7-6-13(19)11-25-27)26-21(28)20-16(22)3-2-4-17(20)23/h2-10,25H,11H2,1H3,(H,26,28). The number of hydrogen-bond donors (Lipinski definition) is 2. The molecule has 1 amide bonds. The van der Waals surface area contributed by atoms with Crippen molar-refractivity contribution in [3.63, 3.8) is 0 Å². The topological polar surface area (TPSA) is 78.5 Å². The summed E-state index contributed by atoms with van der Waals surface area (Å²) in [6, 6.07) is 12.2. The molecule has 0 saturated heterocycles. The van der Waals surface area contributed by atoms with Gasteiger partial charge in [-0.1, -0.05) is 29.8 Å². The second-order valence-electron chi connectivity index (χ2n) is 6.91. The minimum Gasteiger partial charge on any atom is -0.322 e. The summed E-state index contributed by atoms with van der Waals surface area (Å²) in [6.07, 6.45) is 0. The number of rotatable bonds is 4. The van der Waals surface area contributed by atoms with Crippen LogP contribution >= 0.6 is 11.6 Å². The fourth-order valence-corrected chi connectivity index (χ4v) is 4.80. The molecule has 3 aromatic rings. The predicted molar refractivity (Wildman–Crippen MR) is 113 cm³/mol. The normalized spacial score (nSPS) is 13.2. The van der Waals surface area contributed by atoms with Gasteiger partial charge in [-0.15, -0.1) is 0 Å². The average Bonchev–Trinajstić information content (AvgIpc) is 3.14. The number of carbonyl (C=O) groups excluding carboxylic acids is 1. The van der Waals surface area contributed by atoms with Crippen molar-refractivity contribution >= 4 is 38.9 Å². The molecule has 10 heteroatoms. The van der Waals surface area contributed by atoms with Crippen LogP contribution in [0.25, 0.3) is 0 Å². The summed E-state index contributed by atoms with van der Waals surface area (Å²) in [5.41, 5.74) is 3.91. The van der Waals surface area contributed by atoms with Crippen molar-refractivity contribution in [2.75, 3.05) is 9.73 Å². The van der Waals surface area contributed by atoms with E-state index in [0.29, 0.717) is 11.1 Å². The summed E-state index contributed by atoms with van der Waals surface area (Å²) in [5.74, 6) is -2.19. The molecule has 31 heavy (non-hydrogen) atoms. The fraction of sp³-hybridized carbons (Fsp3) is 0.0952. The minimum atomic E-state index is -4.11. The summed E-state index contributed by atoms with van der Waals surface area (Å²) in [5, 5.41) is 2.48. The first-order valence-electron chi connectivity index (χ1n) is 9.12. The summed E-state index contributed by atoms with van der Waals surface area (Å²) in [7, 11) is -4.11. The predicted octanol–water partition coefficient (Wildman–Crippen LogP) is 4.39. The number of halogens is 3. The summed E-state index contributed by atoms with van der Waals surface area (Å²) < 4.78 is 55.0. The Labute approximate surface area is 182 Å². The number of sulfonamides is 1. The van der Waals surface area contributed by atoms with Crippen LogP contribution in [0.4, 0.5) is 20.2 Å². The third-order valence-electron chi connectivity index (χ3n) is 4.85. The lowest BCUT2D eigenvalue weighted by Crippen LogP contribution is -2.38. The Morgan fingerprint density at radius 2 is 1.87 bits per heavy atom. The molecule has 6 nitrogen and oxygen atoms in total. The molecule has 0 bridgehead atoms. The lowest BCUT2D eigenvalue weighted by molar-refractivity contribution is 0.102. The van der Waals surface area contributed by atoms with Gasteiger partial charge in [0.2, 0.25) is 0 Å². The van der Waals surface area contributed by atoms with E-state index in [1.807, 2.05) is 0 Å². The van der Waals surface area contributed by atoms with E-state index >= 15 is 0 Å². The maximum Gasteiger partial charge on any atom is 0.277 e. The van der Waals surface area contributed by atoms with Gasteiger partial charge in [0.1, 0.15) is 11.6 Å². The van der Waals surface area contributed by atoms with Gasteiger partial charge in [0, 0.05) is 12.2 Å². The van der Waals surface area contributed by atoms with Crippen molar-refractivity contribution in [3.05, 3.63) is 87.9 Å². The SMILES string of the molecule is Cc1ccc(S(=O)(=O)N2NCc3ccc(NC(=O)c4c(F)cccc4Cl)cc32)cc1F. The number of amides is 1. The second kappa shape index (κ2) is 7.92. The zero-order chi connectivity index (χ0) is 22.3. The Kier molecular flexibility index (Phi) is 5.42. The smallest absolute Gasteiger partial charge is 0.277 e. The van der Waals surface area contributed by atoms with Gasteiger partial charge in [0.25, 0.3) is 15.9 Å². The van der Waals surface area contributed by atoms with Crippen molar-refractivity contribution in [1.29, 1.82) is 0 Å². The van der Waals surface area contributed by atoms with Crippen LogP contribution in [-0.4, -0.2) is 14.3 Å². The highest BCUT2D eigenvalue weighted by Gasteiger charge is 2.32. The van der Waals surface area contributed by atoms with E-state index in [9.17, 15) is 22.0 Å². The third-order valence-corrected chi connectivity index (χ3v) is 6.82. The van der Waals surface area contributed by atoms with Gasteiger partial charge < -0.3 is 5.32 Å². The average molecular weight is 464 g/mol. The lowest BCUT2D eigenvalue weighted by atomic mass is 10.1. The number of aryl methyl sites for hydroxylation is 1. The maximum absolute atomic E-state index is 14.0. The van der Waals surface area contributed by atoms with E-state index in [0.717, 1.165) is 16.5 Å². The van der Waals surface area contributed by atoms with Gasteiger partial charge in [-0.3, -0.25) is 4.79 Å². The van der Waals surface area contributed by atoms with Gasteiger partial charge in [-0.2, -0.15) is 12.8 Å². The molecule has 2 N–H and O–H groups in total. The quantitative estimate of drug-likeness (QED) is 0.601. The lowest BCUT2D eigenvalue weighted by Gasteiger charge is -2.20. The molecule has 0 unspecified atom stereocenters. The van der Waals surface area contributed by atoms with Gasteiger partial charge in [0.15, 0.2) is 0 Å². The molecule has 0 fully saturated rings. The van der Waals surface area contributed by atoms with Crippen molar-refractivity contribution in [2.24, 2.45) is 0 Å². The number of hydrogen-bond acceptors (Lipinski definition) is 4. The van der Waals surface area contributed by atoms with E-state index in [1.54, 1.807) is 12.1 Å². The molecule has 1 aliphatic heterocycles. The highest BCUT2D eigenvalue weighted by atomic mass is 35.5. The Bertz CT molecular complexity index is 1290. The number of hydrazine groups is 1. The van der Waals surface area contributed by atoms with Crippen LogP contribution in [-0.2, 0) is 16.6 Å². The molecule has 0 aromatic heterocycles. The molecule has 0 radical (unpaired) electrons. The molecule has 3 aromatic carbocycles. The molecule has 0 spiro atoms. The highest BCUT2D eigenvalue weighted by molar-refractivity contribution is 7.92. The van der Waals surface area contributed by atoms with Gasteiger partial charge in [0.05, 0.1) is 21.2 Å². The summed E-state index contributed by atoms with van der Waals surface area (Å²) in [6.45, 7) is 1.75. The second-order valence-corrected chi connectivity index (χ2v) is 9.10. The Balaban J connectivity index is 1.66. The number of benzene rings is 3. The Hall–Kier alpha value is -3.01. The number of carbonyl (C=O) groups is 1. The van der Waals surface area contributed by atoms with E-state index in [2.05, 4.69) is 10.7 Å². The molecular formula is C21H16ClF2N3O3S. The van der Waals surface area contributed by atoms with E-state index in [-0.39, 0.29) is 33.4 Å². The number of fused-ring (bicyclic) bond motifs is 1. The molecule has 1 heterocycles. The summed E-state index contributed by atoms with van der Waals surface area (Å²) in [4.78, 5) is 12.3. The van der Waals surface area contributed by atoms with E-state index in [4.69, 9.17) is 11.6 Å². The molecular weight excluding hydrogens is 448 g/mol. The molecule has 160 valence electrons. The van der Waals surface area contributed by atoms with Crippen LogP contribution in [0.3, 0.4) is 0 Å². The third kappa shape index (κ3) is 3.87. The zero-order valence-electron chi connectivity index (χ0n) is 16.1. The van der Waals surface area contributed by atoms with Gasteiger partial charge >= 0.3 is 0 Å². The van der Waals surface area contributed by atoms with Crippen LogP contribution in [0.15, 0.2) is 59.5 Å². The molecule has 0 aliphatic carbocycles. The summed E-state index contributed by atoms with van der Waals surface area (Å²) >= 11 is 5.93. The van der Waals surface area contributed by atoms with Crippen LogP contribution in [0.5, 0.6) is 0 Å². The molecule has 0 atom stereocenters. The number of nitrogens with zero attached hydrogens (tertiary/aromatic N) is 1. The molecule has 1 aliphatic rings. The van der Waals surface area contributed by atoms with Crippen molar-refractivity contribution in [1.82, 2.24) is 5.43 Å². The first-order valence-corrected chi connectivity index (χ1v) is 10.9. The van der Waals surface area contributed by atoms with Crippen LogP contribution in [0.1, 0.15) is 21.5 Å². The molecule has 4 rings (SSSR count). The monoisotopic (exact) mass is 463 g/mol. The van der Waals surface area contributed by atoms with Crippen LogP contribution in [0.2, 0.25) is 5.02 Å². The Morgan fingerprint density at radius 3 is 2.58 bits per heavy atom. The number of nitrogens with one attached hydrogen (secondary N) is 2. The maximum atomic E-state index is 14.0. The van der Waals surface area contributed by atoms with E-state index < -0.39 is 27.6 Å². The largest absolute Gasteiger partial charge is 0.322 e. The Morgan fingerprint density at radius 1 is 1.10 bits per heavy atom. The molecule has 0 saturated carbocycles. The zero-order valence-corrected chi connectivity index (χ0v) is 17.7. The fourth-order valence-electron chi connectivity index (χ4n) is 3.18. The highest BCUT2D eigenvalue weighted by Crippen LogP contribution is 2.33. The minimum absolute atomic E-state index is 0.0501. The number of anilines is 2. The van der Waals surface area contributed by atoms with Gasteiger partial charge in [-0.25, -0.2) is 14.2 Å². The van der Waals surface area contributed by atoms with Crippen LogP contribution in [0, 0.1) is 18.6 Å². The van der Waals surface area contributed by atoms with Crippen molar-refractivity contribution in [3.8, 4) is 0 Å².